The number of nitrogens with zero attached hydrogens (tertiary/aromatic N) is 3. The van der Waals surface area contributed by atoms with Crippen molar-refractivity contribution in [3.05, 3.63) is 41.7 Å². The summed E-state index contributed by atoms with van der Waals surface area (Å²) in [4.78, 5) is 12.5. The topological polar surface area (TPSA) is 57.0 Å². The third kappa shape index (κ3) is 3.23. The second kappa shape index (κ2) is 6.84. The number of ether oxygens (including phenoxy) is 1. The zero-order chi connectivity index (χ0) is 14.4. The Bertz CT molecular complexity index is 578. The summed E-state index contributed by atoms with van der Waals surface area (Å²) in [6, 6.07) is 7.23. The normalized spacial score (nSPS) is 10.5. The predicted octanol–water partition coefficient (Wildman–Crippen LogP) is 2.71. The van der Waals surface area contributed by atoms with E-state index in [1.54, 1.807) is 16.8 Å². The van der Waals surface area contributed by atoms with Gasteiger partial charge in [-0.2, -0.15) is 0 Å². The van der Waals surface area contributed by atoms with Crippen LogP contribution in [0.5, 0.6) is 5.75 Å². The average molecular weight is 273 g/mol. The van der Waals surface area contributed by atoms with Crippen LogP contribution in [0.2, 0.25) is 0 Å². The lowest BCUT2D eigenvalue weighted by atomic mass is 10.1. The first kappa shape index (κ1) is 14.2. The van der Waals surface area contributed by atoms with Crippen molar-refractivity contribution in [3.63, 3.8) is 0 Å². The van der Waals surface area contributed by atoms with E-state index in [-0.39, 0.29) is 5.78 Å². The van der Waals surface area contributed by atoms with Gasteiger partial charge in [-0.15, -0.1) is 5.10 Å². The van der Waals surface area contributed by atoms with Gasteiger partial charge < -0.3 is 4.74 Å². The van der Waals surface area contributed by atoms with E-state index in [2.05, 4.69) is 10.3 Å². The minimum atomic E-state index is -0.0783. The summed E-state index contributed by atoms with van der Waals surface area (Å²) in [7, 11) is 0. The van der Waals surface area contributed by atoms with Crippen molar-refractivity contribution in [1.29, 1.82) is 0 Å². The number of carbonyl (C=O) groups is 1. The number of benzene rings is 1. The third-order valence-electron chi connectivity index (χ3n) is 2.85. The van der Waals surface area contributed by atoms with Crippen LogP contribution in [0.1, 0.15) is 42.7 Å². The third-order valence-corrected chi connectivity index (χ3v) is 2.85. The van der Waals surface area contributed by atoms with E-state index in [1.165, 1.54) is 6.20 Å². The van der Waals surface area contributed by atoms with Crippen LogP contribution >= 0.6 is 0 Å². The van der Waals surface area contributed by atoms with Crippen molar-refractivity contribution >= 4 is 5.78 Å². The molecule has 2 rings (SSSR count). The molecular formula is C15H19N3O2. The summed E-state index contributed by atoms with van der Waals surface area (Å²) in [5.41, 5.74) is 1.11. The van der Waals surface area contributed by atoms with Crippen molar-refractivity contribution in [1.82, 2.24) is 15.0 Å². The first-order chi connectivity index (χ1) is 9.76. The van der Waals surface area contributed by atoms with Gasteiger partial charge in [-0.25, -0.2) is 4.68 Å². The number of rotatable bonds is 7. The highest BCUT2D eigenvalue weighted by Gasteiger charge is 2.15. The number of hydrogen-bond acceptors (Lipinski definition) is 4. The Morgan fingerprint density at radius 3 is 2.90 bits per heavy atom. The van der Waals surface area contributed by atoms with Crippen LogP contribution < -0.4 is 4.74 Å². The summed E-state index contributed by atoms with van der Waals surface area (Å²) in [5.74, 6) is 0.637. The van der Waals surface area contributed by atoms with E-state index in [0.29, 0.717) is 30.2 Å². The van der Waals surface area contributed by atoms with Crippen molar-refractivity contribution < 1.29 is 9.53 Å². The molecule has 0 atom stereocenters. The Kier molecular flexibility index (Phi) is 4.87. The fourth-order valence-electron chi connectivity index (χ4n) is 1.91. The van der Waals surface area contributed by atoms with Gasteiger partial charge in [-0.3, -0.25) is 4.79 Å². The molecule has 0 saturated carbocycles. The molecule has 1 aromatic carbocycles. The summed E-state index contributed by atoms with van der Waals surface area (Å²) >= 11 is 0. The molecule has 20 heavy (non-hydrogen) atoms. The second-order valence-corrected chi connectivity index (χ2v) is 4.55. The molecule has 1 heterocycles. The smallest absolute Gasteiger partial charge is 0.212 e. The lowest BCUT2D eigenvalue weighted by Gasteiger charge is -2.07. The number of hydrogen-bond donors (Lipinski definition) is 0. The highest BCUT2D eigenvalue weighted by atomic mass is 16.5. The Balaban J connectivity index is 2.22. The number of carbonyl (C=O) groups excluding carboxylic acids is 1. The van der Waals surface area contributed by atoms with E-state index >= 15 is 0 Å². The maximum absolute atomic E-state index is 12.5. The molecule has 5 heteroatoms. The molecule has 106 valence electrons. The fraction of sp³-hybridized carbons (Fsp3) is 0.400. The van der Waals surface area contributed by atoms with Gasteiger partial charge in [0.2, 0.25) is 5.78 Å². The van der Waals surface area contributed by atoms with E-state index in [1.807, 2.05) is 26.0 Å². The monoisotopic (exact) mass is 273 g/mol. The Morgan fingerprint density at radius 2 is 2.15 bits per heavy atom. The molecule has 0 saturated heterocycles. The summed E-state index contributed by atoms with van der Waals surface area (Å²) in [6.07, 6.45) is 3.35. The van der Waals surface area contributed by atoms with E-state index in [0.717, 1.165) is 12.8 Å². The van der Waals surface area contributed by atoms with Crippen molar-refractivity contribution in [2.24, 2.45) is 0 Å². The summed E-state index contributed by atoms with van der Waals surface area (Å²) in [5, 5.41) is 7.76. The van der Waals surface area contributed by atoms with Crippen LogP contribution in [-0.2, 0) is 6.54 Å². The standard InChI is InChI=1S/C15H19N3O2/c1-3-8-18-14(11-16-17-18)15(19)12-6-5-7-13(10-12)20-9-4-2/h5-7,10-11H,3-4,8-9H2,1-2H3. The lowest BCUT2D eigenvalue weighted by molar-refractivity contribution is 0.102. The lowest BCUT2D eigenvalue weighted by Crippen LogP contribution is -2.11. The maximum Gasteiger partial charge on any atom is 0.212 e. The summed E-state index contributed by atoms with van der Waals surface area (Å²) < 4.78 is 7.19. The molecule has 0 unspecified atom stereocenters. The molecule has 0 aliphatic carbocycles. The molecule has 2 aromatic rings. The first-order valence-corrected chi connectivity index (χ1v) is 6.92. The molecule has 0 fully saturated rings. The van der Waals surface area contributed by atoms with Crippen LogP contribution in [0.4, 0.5) is 0 Å². The molecule has 0 bridgehead atoms. The van der Waals surface area contributed by atoms with Crippen molar-refractivity contribution in [3.8, 4) is 5.75 Å². The van der Waals surface area contributed by atoms with Crippen LogP contribution in [0, 0.1) is 0 Å². The Morgan fingerprint density at radius 1 is 1.30 bits per heavy atom. The molecule has 0 spiro atoms. The average Bonchev–Trinajstić information content (AvgIpc) is 2.93. The molecular weight excluding hydrogens is 254 g/mol. The minimum absolute atomic E-state index is 0.0783. The van der Waals surface area contributed by atoms with Gasteiger partial charge in [0, 0.05) is 12.1 Å². The maximum atomic E-state index is 12.5. The minimum Gasteiger partial charge on any atom is -0.494 e. The zero-order valence-electron chi connectivity index (χ0n) is 11.9. The first-order valence-electron chi connectivity index (χ1n) is 6.92. The van der Waals surface area contributed by atoms with E-state index in [4.69, 9.17) is 4.74 Å². The van der Waals surface area contributed by atoms with Gasteiger partial charge in [0.15, 0.2) is 0 Å². The molecule has 0 N–H and O–H groups in total. The van der Waals surface area contributed by atoms with Crippen LogP contribution in [0.3, 0.4) is 0 Å². The van der Waals surface area contributed by atoms with Crippen LogP contribution in [0.15, 0.2) is 30.5 Å². The highest BCUT2D eigenvalue weighted by molar-refractivity contribution is 6.07. The number of aryl methyl sites for hydroxylation is 1. The van der Waals surface area contributed by atoms with Gasteiger partial charge >= 0.3 is 0 Å². The Labute approximate surface area is 118 Å². The van der Waals surface area contributed by atoms with Gasteiger partial charge in [-0.05, 0) is 25.0 Å². The largest absolute Gasteiger partial charge is 0.494 e. The SMILES string of the molecule is CCCOc1cccc(C(=O)c2cnnn2CCC)c1. The van der Waals surface area contributed by atoms with Crippen molar-refractivity contribution in [2.45, 2.75) is 33.2 Å². The summed E-state index contributed by atoms with van der Waals surface area (Å²) in [6.45, 7) is 5.42. The molecule has 1 aromatic heterocycles. The van der Waals surface area contributed by atoms with Gasteiger partial charge in [0.25, 0.3) is 0 Å². The second-order valence-electron chi connectivity index (χ2n) is 4.55. The van der Waals surface area contributed by atoms with Crippen LogP contribution in [0.25, 0.3) is 0 Å². The van der Waals surface area contributed by atoms with Crippen LogP contribution in [-0.4, -0.2) is 27.4 Å². The van der Waals surface area contributed by atoms with Crippen molar-refractivity contribution in [2.75, 3.05) is 6.61 Å². The van der Waals surface area contributed by atoms with Gasteiger partial charge in [0.05, 0.1) is 12.8 Å². The van der Waals surface area contributed by atoms with Gasteiger partial charge in [0.1, 0.15) is 11.4 Å². The quantitative estimate of drug-likeness (QED) is 0.728. The molecule has 0 amide bonds. The fourth-order valence-corrected chi connectivity index (χ4v) is 1.91. The van der Waals surface area contributed by atoms with E-state index < -0.39 is 0 Å². The number of ketones is 1. The molecule has 0 aliphatic heterocycles. The zero-order valence-corrected chi connectivity index (χ0v) is 11.9. The predicted molar refractivity (Wildman–Crippen MR) is 76.0 cm³/mol. The number of aromatic nitrogens is 3. The molecule has 0 radical (unpaired) electrons. The Hall–Kier alpha value is -2.17. The van der Waals surface area contributed by atoms with E-state index in [9.17, 15) is 4.79 Å². The molecule has 5 nitrogen and oxygen atoms in total. The molecule has 0 aliphatic rings. The highest BCUT2D eigenvalue weighted by Crippen LogP contribution is 2.16. The van der Waals surface area contributed by atoms with Gasteiger partial charge in [-0.1, -0.05) is 31.2 Å².